The Hall–Kier alpha value is -1.33. The molecule has 0 aromatic heterocycles. The van der Waals surface area contributed by atoms with E-state index in [1.807, 2.05) is 0 Å². The first kappa shape index (κ1) is 11.2. The zero-order chi connectivity index (χ0) is 11.9. The summed E-state index contributed by atoms with van der Waals surface area (Å²) in [6, 6.07) is 0. The van der Waals surface area contributed by atoms with Crippen molar-refractivity contribution >= 4 is 5.69 Å². The molecule has 1 aliphatic carbocycles. The summed E-state index contributed by atoms with van der Waals surface area (Å²) in [5, 5.41) is 2.26. The molecule has 0 spiro atoms. The van der Waals surface area contributed by atoms with Gasteiger partial charge < -0.3 is 5.32 Å². The fourth-order valence-electron chi connectivity index (χ4n) is 1.33. The van der Waals surface area contributed by atoms with Crippen LogP contribution in [0.5, 0.6) is 0 Å². The molecule has 0 aliphatic heterocycles. The third kappa shape index (κ3) is 1.83. The van der Waals surface area contributed by atoms with Gasteiger partial charge in [0, 0.05) is 6.54 Å². The van der Waals surface area contributed by atoms with E-state index >= 15 is 0 Å². The summed E-state index contributed by atoms with van der Waals surface area (Å²) in [6.45, 7) is 0.221. The van der Waals surface area contributed by atoms with Crippen molar-refractivity contribution in [2.45, 2.75) is 12.8 Å². The van der Waals surface area contributed by atoms with Crippen molar-refractivity contribution in [3.05, 3.63) is 29.1 Å². The molecule has 88 valence electrons. The van der Waals surface area contributed by atoms with Gasteiger partial charge in [0.25, 0.3) is 0 Å². The molecule has 1 saturated carbocycles. The molecule has 0 saturated heterocycles. The summed E-state index contributed by atoms with van der Waals surface area (Å²) >= 11 is 0. The standard InChI is InChI=1S/C10H8F5N/c11-5-6(12)8(14)10(9(15)7(5)13)16-3-4-1-2-4/h4,16H,1-3H2. The van der Waals surface area contributed by atoms with Crippen LogP contribution in [0.25, 0.3) is 0 Å². The monoisotopic (exact) mass is 237 g/mol. The van der Waals surface area contributed by atoms with E-state index in [1.54, 1.807) is 0 Å². The highest BCUT2D eigenvalue weighted by Gasteiger charge is 2.27. The highest BCUT2D eigenvalue weighted by atomic mass is 19.2. The summed E-state index contributed by atoms with van der Waals surface area (Å²) in [4.78, 5) is 0. The van der Waals surface area contributed by atoms with Gasteiger partial charge in [0.15, 0.2) is 23.3 Å². The molecule has 6 heteroatoms. The van der Waals surface area contributed by atoms with Crippen molar-refractivity contribution in [2.24, 2.45) is 5.92 Å². The SMILES string of the molecule is Fc1c(F)c(F)c(NCC2CC2)c(F)c1F. The number of anilines is 1. The minimum atomic E-state index is -2.13. The van der Waals surface area contributed by atoms with Crippen LogP contribution < -0.4 is 5.32 Å². The zero-order valence-corrected chi connectivity index (χ0v) is 8.09. The van der Waals surface area contributed by atoms with E-state index in [1.165, 1.54) is 0 Å². The van der Waals surface area contributed by atoms with Gasteiger partial charge in [-0.3, -0.25) is 0 Å². The van der Waals surface area contributed by atoms with Crippen molar-refractivity contribution in [1.29, 1.82) is 0 Å². The highest BCUT2D eigenvalue weighted by molar-refractivity contribution is 5.47. The van der Waals surface area contributed by atoms with E-state index in [4.69, 9.17) is 0 Å². The number of hydrogen-bond donors (Lipinski definition) is 1. The summed E-state index contributed by atoms with van der Waals surface area (Å²) in [5.41, 5.74) is -0.941. The van der Waals surface area contributed by atoms with E-state index in [2.05, 4.69) is 5.32 Å². The van der Waals surface area contributed by atoms with Gasteiger partial charge in [-0.2, -0.15) is 0 Å². The smallest absolute Gasteiger partial charge is 0.200 e. The topological polar surface area (TPSA) is 12.0 Å². The van der Waals surface area contributed by atoms with Gasteiger partial charge in [0.05, 0.1) is 0 Å². The van der Waals surface area contributed by atoms with Crippen LogP contribution in [0.4, 0.5) is 27.6 Å². The van der Waals surface area contributed by atoms with Gasteiger partial charge >= 0.3 is 0 Å². The predicted molar refractivity (Wildman–Crippen MR) is 47.4 cm³/mol. The summed E-state index contributed by atoms with van der Waals surface area (Å²) in [6.07, 6.45) is 1.81. The van der Waals surface area contributed by atoms with E-state index < -0.39 is 34.8 Å². The Morgan fingerprint density at radius 1 is 0.812 bits per heavy atom. The number of rotatable bonds is 3. The Labute approximate surface area is 88.3 Å². The minimum absolute atomic E-state index is 0.221. The van der Waals surface area contributed by atoms with Crippen LogP contribution in [-0.4, -0.2) is 6.54 Å². The van der Waals surface area contributed by atoms with Crippen LogP contribution in [0.1, 0.15) is 12.8 Å². The van der Waals surface area contributed by atoms with Crippen molar-refractivity contribution in [1.82, 2.24) is 0 Å². The van der Waals surface area contributed by atoms with Gasteiger partial charge in [0.2, 0.25) is 5.82 Å². The third-order valence-electron chi connectivity index (χ3n) is 2.47. The molecule has 16 heavy (non-hydrogen) atoms. The Morgan fingerprint density at radius 2 is 1.25 bits per heavy atom. The largest absolute Gasteiger partial charge is 0.380 e. The summed E-state index contributed by atoms with van der Waals surface area (Å²) in [5.74, 6) is -9.33. The summed E-state index contributed by atoms with van der Waals surface area (Å²) in [7, 11) is 0. The maximum absolute atomic E-state index is 13.1. The Bertz CT molecular complexity index is 399. The molecule has 0 radical (unpaired) electrons. The molecule has 0 bridgehead atoms. The molecule has 0 heterocycles. The van der Waals surface area contributed by atoms with E-state index in [0.29, 0.717) is 0 Å². The van der Waals surface area contributed by atoms with Crippen LogP contribution in [-0.2, 0) is 0 Å². The Balaban J connectivity index is 2.34. The summed E-state index contributed by atoms with van der Waals surface area (Å²) < 4.78 is 64.3. The quantitative estimate of drug-likeness (QED) is 0.483. The third-order valence-corrected chi connectivity index (χ3v) is 2.47. The molecule has 0 unspecified atom stereocenters. The lowest BCUT2D eigenvalue weighted by Crippen LogP contribution is -2.11. The molecule has 1 fully saturated rings. The van der Waals surface area contributed by atoms with Gasteiger partial charge in [-0.15, -0.1) is 0 Å². The highest BCUT2D eigenvalue weighted by Crippen LogP contribution is 2.31. The van der Waals surface area contributed by atoms with Crippen LogP contribution in [0.3, 0.4) is 0 Å². The zero-order valence-electron chi connectivity index (χ0n) is 8.09. The van der Waals surface area contributed by atoms with E-state index in [9.17, 15) is 22.0 Å². The Kier molecular flexibility index (Phi) is 2.73. The average molecular weight is 237 g/mol. The average Bonchev–Trinajstić information content (AvgIpc) is 3.07. The molecule has 2 rings (SSSR count). The second kappa shape index (κ2) is 3.92. The minimum Gasteiger partial charge on any atom is -0.380 e. The van der Waals surface area contributed by atoms with Crippen molar-refractivity contribution in [2.75, 3.05) is 11.9 Å². The Morgan fingerprint density at radius 3 is 1.69 bits per heavy atom. The van der Waals surface area contributed by atoms with Crippen LogP contribution in [0.2, 0.25) is 0 Å². The molecule has 1 nitrogen and oxygen atoms in total. The number of hydrogen-bond acceptors (Lipinski definition) is 1. The fourth-order valence-corrected chi connectivity index (χ4v) is 1.33. The molecule has 1 N–H and O–H groups in total. The molecular weight excluding hydrogens is 229 g/mol. The normalized spacial score (nSPS) is 15.3. The van der Waals surface area contributed by atoms with E-state index in [0.717, 1.165) is 12.8 Å². The fraction of sp³-hybridized carbons (Fsp3) is 0.400. The number of nitrogens with one attached hydrogen (secondary N) is 1. The second-order valence-electron chi connectivity index (χ2n) is 3.77. The molecule has 0 amide bonds. The van der Waals surface area contributed by atoms with Crippen LogP contribution in [0, 0.1) is 35.0 Å². The lowest BCUT2D eigenvalue weighted by Gasteiger charge is -2.09. The predicted octanol–water partition coefficient (Wildman–Crippen LogP) is 3.20. The van der Waals surface area contributed by atoms with Gasteiger partial charge in [-0.05, 0) is 18.8 Å². The van der Waals surface area contributed by atoms with E-state index in [-0.39, 0.29) is 12.5 Å². The molecule has 0 atom stereocenters. The van der Waals surface area contributed by atoms with Crippen molar-refractivity contribution < 1.29 is 22.0 Å². The van der Waals surface area contributed by atoms with Gasteiger partial charge in [-0.25, -0.2) is 22.0 Å². The maximum Gasteiger partial charge on any atom is 0.200 e. The van der Waals surface area contributed by atoms with Crippen LogP contribution >= 0.6 is 0 Å². The first-order chi connectivity index (χ1) is 7.52. The molecular formula is C10H8F5N. The number of halogens is 5. The van der Waals surface area contributed by atoms with Crippen molar-refractivity contribution in [3.8, 4) is 0 Å². The molecule has 1 aliphatic rings. The van der Waals surface area contributed by atoms with Gasteiger partial charge in [0.1, 0.15) is 5.69 Å². The second-order valence-corrected chi connectivity index (χ2v) is 3.77. The van der Waals surface area contributed by atoms with Crippen LogP contribution in [0.15, 0.2) is 0 Å². The first-order valence-electron chi connectivity index (χ1n) is 4.77. The molecule has 1 aromatic carbocycles. The lowest BCUT2D eigenvalue weighted by atomic mass is 10.2. The first-order valence-corrected chi connectivity index (χ1v) is 4.77. The number of benzene rings is 1. The van der Waals surface area contributed by atoms with Crippen molar-refractivity contribution in [3.63, 3.8) is 0 Å². The maximum atomic E-state index is 13.1. The van der Waals surface area contributed by atoms with Gasteiger partial charge in [-0.1, -0.05) is 0 Å². The lowest BCUT2D eigenvalue weighted by molar-refractivity contribution is 0.381. The molecule has 1 aromatic rings.